The second-order valence-electron chi connectivity index (χ2n) is 7.10. The number of carbonyl (C=O) groups is 2. The molecular formula is C25H26N2O3S. The lowest BCUT2D eigenvalue weighted by Gasteiger charge is -2.13. The molecule has 6 heteroatoms. The Labute approximate surface area is 187 Å². The number of amides is 2. The summed E-state index contributed by atoms with van der Waals surface area (Å²) in [6, 6.07) is 25.2. The predicted molar refractivity (Wildman–Crippen MR) is 125 cm³/mol. The molecule has 0 heterocycles. The van der Waals surface area contributed by atoms with Crippen molar-refractivity contribution in [3.05, 3.63) is 90.0 Å². The number of hydrogen-bond acceptors (Lipinski definition) is 4. The van der Waals surface area contributed by atoms with E-state index in [2.05, 4.69) is 10.6 Å². The van der Waals surface area contributed by atoms with Crippen molar-refractivity contribution in [2.24, 2.45) is 0 Å². The molecule has 3 rings (SSSR count). The van der Waals surface area contributed by atoms with Crippen molar-refractivity contribution in [1.82, 2.24) is 5.32 Å². The molecule has 0 bridgehead atoms. The SMILES string of the molecule is CC(=O)Nc1ccc(SC(C)C(=O)NCc2ccc(COc3ccccc3)cc2)cc1. The van der Waals surface area contributed by atoms with Gasteiger partial charge in [-0.2, -0.15) is 0 Å². The van der Waals surface area contributed by atoms with Crippen LogP contribution in [-0.2, 0) is 22.7 Å². The number of rotatable bonds is 9. The Morgan fingerprint density at radius 3 is 2.19 bits per heavy atom. The third-order valence-corrected chi connectivity index (χ3v) is 5.61. The summed E-state index contributed by atoms with van der Waals surface area (Å²) in [6.07, 6.45) is 0. The first-order valence-electron chi connectivity index (χ1n) is 10.1. The van der Waals surface area contributed by atoms with Gasteiger partial charge in [0.05, 0.1) is 5.25 Å². The van der Waals surface area contributed by atoms with Gasteiger partial charge in [0.15, 0.2) is 0 Å². The summed E-state index contributed by atoms with van der Waals surface area (Å²) >= 11 is 1.48. The summed E-state index contributed by atoms with van der Waals surface area (Å²) in [4.78, 5) is 24.5. The predicted octanol–water partition coefficient (Wildman–Crippen LogP) is 5.02. The molecule has 0 radical (unpaired) electrons. The summed E-state index contributed by atoms with van der Waals surface area (Å²) in [6.45, 7) is 4.34. The highest BCUT2D eigenvalue weighted by molar-refractivity contribution is 8.00. The molecule has 160 valence electrons. The Hall–Kier alpha value is -3.25. The van der Waals surface area contributed by atoms with E-state index in [1.807, 2.05) is 85.8 Å². The van der Waals surface area contributed by atoms with Crippen LogP contribution >= 0.6 is 11.8 Å². The van der Waals surface area contributed by atoms with Crippen LogP contribution in [-0.4, -0.2) is 17.1 Å². The number of thioether (sulfide) groups is 1. The van der Waals surface area contributed by atoms with Crippen LogP contribution in [0.4, 0.5) is 5.69 Å². The summed E-state index contributed by atoms with van der Waals surface area (Å²) in [7, 11) is 0. The fraction of sp³-hybridized carbons (Fsp3) is 0.200. The lowest BCUT2D eigenvalue weighted by molar-refractivity contribution is -0.120. The Morgan fingerprint density at radius 1 is 0.903 bits per heavy atom. The van der Waals surface area contributed by atoms with Crippen molar-refractivity contribution in [2.45, 2.75) is 37.1 Å². The van der Waals surface area contributed by atoms with Crippen LogP contribution in [0.1, 0.15) is 25.0 Å². The molecule has 2 N–H and O–H groups in total. The number of benzene rings is 3. The molecule has 0 saturated heterocycles. The van der Waals surface area contributed by atoms with E-state index in [0.717, 1.165) is 27.5 Å². The lowest BCUT2D eigenvalue weighted by Crippen LogP contribution is -2.30. The van der Waals surface area contributed by atoms with Gasteiger partial charge in [-0.1, -0.05) is 42.5 Å². The molecular weight excluding hydrogens is 408 g/mol. The highest BCUT2D eigenvalue weighted by atomic mass is 32.2. The summed E-state index contributed by atoms with van der Waals surface area (Å²) in [5.41, 5.74) is 2.85. The van der Waals surface area contributed by atoms with Crippen molar-refractivity contribution >= 4 is 29.3 Å². The molecule has 3 aromatic carbocycles. The van der Waals surface area contributed by atoms with Gasteiger partial charge in [0, 0.05) is 24.1 Å². The Kier molecular flexibility index (Phi) is 8.12. The second kappa shape index (κ2) is 11.2. The van der Waals surface area contributed by atoms with Crippen molar-refractivity contribution in [1.29, 1.82) is 0 Å². The number of anilines is 1. The molecule has 31 heavy (non-hydrogen) atoms. The summed E-state index contributed by atoms with van der Waals surface area (Å²) < 4.78 is 5.75. The molecule has 0 aliphatic carbocycles. The molecule has 0 fully saturated rings. The van der Waals surface area contributed by atoms with E-state index < -0.39 is 0 Å². The molecule has 1 atom stereocenters. The molecule has 0 aromatic heterocycles. The smallest absolute Gasteiger partial charge is 0.233 e. The molecule has 3 aromatic rings. The zero-order valence-corrected chi connectivity index (χ0v) is 18.4. The van der Waals surface area contributed by atoms with Gasteiger partial charge in [-0.25, -0.2) is 0 Å². The number of para-hydroxylation sites is 1. The van der Waals surface area contributed by atoms with Crippen LogP contribution < -0.4 is 15.4 Å². The van der Waals surface area contributed by atoms with Crippen molar-refractivity contribution in [3.8, 4) is 5.75 Å². The van der Waals surface area contributed by atoms with E-state index >= 15 is 0 Å². The molecule has 1 unspecified atom stereocenters. The highest BCUT2D eigenvalue weighted by Gasteiger charge is 2.14. The Balaban J connectivity index is 1.43. The number of carbonyl (C=O) groups excluding carboxylic acids is 2. The zero-order chi connectivity index (χ0) is 22.1. The van der Waals surface area contributed by atoms with Crippen LogP contribution in [0.2, 0.25) is 0 Å². The maximum absolute atomic E-state index is 12.5. The molecule has 2 amide bonds. The van der Waals surface area contributed by atoms with Gasteiger partial charge in [-0.05, 0) is 54.4 Å². The largest absolute Gasteiger partial charge is 0.489 e. The van der Waals surface area contributed by atoms with Gasteiger partial charge in [-0.3, -0.25) is 9.59 Å². The first-order valence-corrected chi connectivity index (χ1v) is 11.0. The maximum Gasteiger partial charge on any atom is 0.233 e. The average molecular weight is 435 g/mol. The normalized spacial score (nSPS) is 11.4. The quantitative estimate of drug-likeness (QED) is 0.464. The minimum atomic E-state index is -0.231. The van der Waals surface area contributed by atoms with Gasteiger partial charge in [0.1, 0.15) is 12.4 Å². The van der Waals surface area contributed by atoms with Crippen LogP contribution in [0, 0.1) is 0 Å². The van der Waals surface area contributed by atoms with Gasteiger partial charge < -0.3 is 15.4 Å². The summed E-state index contributed by atoms with van der Waals surface area (Å²) in [5.74, 6) is 0.715. The highest BCUT2D eigenvalue weighted by Crippen LogP contribution is 2.25. The van der Waals surface area contributed by atoms with Gasteiger partial charge in [0.25, 0.3) is 0 Å². The first kappa shape index (κ1) is 22.4. The van der Waals surface area contributed by atoms with Gasteiger partial charge in [-0.15, -0.1) is 11.8 Å². The topological polar surface area (TPSA) is 67.4 Å². The van der Waals surface area contributed by atoms with Crippen LogP contribution in [0.15, 0.2) is 83.8 Å². The lowest BCUT2D eigenvalue weighted by atomic mass is 10.1. The summed E-state index contributed by atoms with van der Waals surface area (Å²) in [5, 5.41) is 5.49. The van der Waals surface area contributed by atoms with Crippen molar-refractivity contribution < 1.29 is 14.3 Å². The monoisotopic (exact) mass is 434 g/mol. The Bertz CT molecular complexity index is 990. The maximum atomic E-state index is 12.5. The third kappa shape index (κ3) is 7.50. The van der Waals surface area contributed by atoms with Crippen molar-refractivity contribution in [2.75, 3.05) is 5.32 Å². The minimum absolute atomic E-state index is 0.0209. The fourth-order valence-electron chi connectivity index (χ4n) is 2.85. The fourth-order valence-corrected chi connectivity index (χ4v) is 3.74. The molecule has 0 saturated carbocycles. The first-order chi connectivity index (χ1) is 15.0. The van der Waals surface area contributed by atoms with Gasteiger partial charge in [0.2, 0.25) is 11.8 Å². The zero-order valence-electron chi connectivity index (χ0n) is 17.6. The second-order valence-corrected chi connectivity index (χ2v) is 8.52. The van der Waals surface area contributed by atoms with E-state index in [9.17, 15) is 9.59 Å². The van der Waals surface area contributed by atoms with Crippen LogP contribution in [0.25, 0.3) is 0 Å². The average Bonchev–Trinajstić information content (AvgIpc) is 2.78. The molecule has 0 aliphatic heterocycles. The van der Waals surface area contributed by atoms with Crippen LogP contribution in [0.3, 0.4) is 0 Å². The number of hydrogen-bond donors (Lipinski definition) is 2. The van der Waals surface area contributed by atoms with E-state index in [-0.39, 0.29) is 17.1 Å². The van der Waals surface area contributed by atoms with E-state index in [4.69, 9.17) is 4.74 Å². The molecule has 5 nitrogen and oxygen atoms in total. The molecule has 0 spiro atoms. The van der Waals surface area contributed by atoms with E-state index in [1.165, 1.54) is 18.7 Å². The van der Waals surface area contributed by atoms with E-state index in [1.54, 1.807) is 0 Å². The van der Waals surface area contributed by atoms with E-state index in [0.29, 0.717) is 13.2 Å². The number of ether oxygens (including phenoxy) is 1. The molecule has 0 aliphatic rings. The minimum Gasteiger partial charge on any atom is -0.489 e. The standard InChI is InChI=1S/C25H26N2O3S/c1-18(31-24-14-12-22(13-15-24)27-19(2)28)25(29)26-16-20-8-10-21(11-9-20)17-30-23-6-4-3-5-7-23/h3-15,18H,16-17H2,1-2H3,(H,26,29)(H,27,28). The number of nitrogens with one attached hydrogen (secondary N) is 2. The van der Waals surface area contributed by atoms with Crippen molar-refractivity contribution in [3.63, 3.8) is 0 Å². The van der Waals surface area contributed by atoms with Gasteiger partial charge >= 0.3 is 0 Å². The third-order valence-electron chi connectivity index (χ3n) is 4.50. The Morgan fingerprint density at radius 2 is 1.55 bits per heavy atom. The van der Waals surface area contributed by atoms with Crippen LogP contribution in [0.5, 0.6) is 5.75 Å².